The van der Waals surface area contributed by atoms with E-state index in [1.165, 1.54) is 11.8 Å². The van der Waals surface area contributed by atoms with Crippen LogP contribution < -0.4 is 10.6 Å². The molecule has 0 aliphatic heterocycles. The standard InChI is InChI=1S/C19H34N4O2S.HI/c1-6-20-19(22-16(2)12-13-26(5,24)25)21-14-17(3)23(4)15-18-10-8-7-9-11-18;/h7-11,16-17H,6,12-15H2,1-5H3,(H2,20,21,22);1H. The number of nitrogens with one attached hydrogen (secondary N) is 2. The van der Waals surface area contributed by atoms with Gasteiger partial charge in [0.2, 0.25) is 0 Å². The van der Waals surface area contributed by atoms with Crippen molar-refractivity contribution in [2.75, 3.05) is 32.1 Å². The van der Waals surface area contributed by atoms with Gasteiger partial charge < -0.3 is 10.6 Å². The molecule has 0 amide bonds. The third kappa shape index (κ3) is 12.2. The molecule has 0 saturated heterocycles. The van der Waals surface area contributed by atoms with E-state index in [4.69, 9.17) is 0 Å². The van der Waals surface area contributed by atoms with Crippen LogP contribution in [0.4, 0.5) is 0 Å². The summed E-state index contributed by atoms with van der Waals surface area (Å²) in [6.07, 6.45) is 1.83. The average molecular weight is 510 g/mol. The van der Waals surface area contributed by atoms with Crippen LogP contribution >= 0.6 is 24.0 Å². The normalized spacial score (nSPS) is 14.4. The molecule has 2 atom stereocenters. The predicted octanol–water partition coefficient (Wildman–Crippen LogP) is 2.50. The minimum Gasteiger partial charge on any atom is -0.357 e. The Hall–Kier alpha value is -0.870. The van der Waals surface area contributed by atoms with E-state index < -0.39 is 9.84 Å². The van der Waals surface area contributed by atoms with Crippen molar-refractivity contribution in [2.24, 2.45) is 4.99 Å². The molecule has 0 spiro atoms. The maximum absolute atomic E-state index is 11.3. The third-order valence-electron chi connectivity index (χ3n) is 4.19. The second kappa shape index (κ2) is 13.3. The Morgan fingerprint density at radius 3 is 2.41 bits per heavy atom. The lowest BCUT2D eigenvalue weighted by atomic mass is 10.2. The van der Waals surface area contributed by atoms with Gasteiger partial charge in [-0.3, -0.25) is 9.89 Å². The Labute approximate surface area is 182 Å². The second-order valence-electron chi connectivity index (χ2n) is 6.93. The lowest BCUT2D eigenvalue weighted by Gasteiger charge is -2.24. The van der Waals surface area contributed by atoms with E-state index >= 15 is 0 Å². The molecule has 0 saturated carbocycles. The molecule has 6 nitrogen and oxygen atoms in total. The lowest BCUT2D eigenvalue weighted by Crippen LogP contribution is -2.43. The molecule has 1 aromatic carbocycles. The molecular formula is C19H35IN4O2S. The number of hydrogen-bond donors (Lipinski definition) is 2. The first-order valence-electron chi connectivity index (χ1n) is 9.18. The smallest absolute Gasteiger partial charge is 0.191 e. The fourth-order valence-electron chi connectivity index (χ4n) is 2.41. The summed E-state index contributed by atoms with van der Waals surface area (Å²) in [6.45, 7) is 8.46. The van der Waals surface area contributed by atoms with E-state index in [9.17, 15) is 8.42 Å². The van der Waals surface area contributed by atoms with Gasteiger partial charge in [-0.15, -0.1) is 24.0 Å². The van der Waals surface area contributed by atoms with Crippen molar-refractivity contribution in [1.29, 1.82) is 0 Å². The van der Waals surface area contributed by atoms with Crippen LogP contribution in [0.5, 0.6) is 0 Å². The van der Waals surface area contributed by atoms with Crippen molar-refractivity contribution < 1.29 is 8.42 Å². The Bertz CT molecular complexity index is 653. The maximum Gasteiger partial charge on any atom is 0.191 e. The molecule has 0 fully saturated rings. The van der Waals surface area contributed by atoms with Crippen LogP contribution in [0.3, 0.4) is 0 Å². The highest BCUT2D eigenvalue weighted by Crippen LogP contribution is 2.06. The van der Waals surface area contributed by atoms with Crippen LogP contribution in [-0.4, -0.2) is 63.5 Å². The van der Waals surface area contributed by atoms with Crippen molar-refractivity contribution in [3.63, 3.8) is 0 Å². The van der Waals surface area contributed by atoms with Gasteiger partial charge in [-0.1, -0.05) is 30.3 Å². The number of benzene rings is 1. The van der Waals surface area contributed by atoms with Crippen LogP contribution in [0, 0.1) is 0 Å². The molecule has 8 heteroatoms. The fourth-order valence-corrected chi connectivity index (χ4v) is 3.19. The minimum atomic E-state index is -2.94. The molecule has 0 radical (unpaired) electrons. The Morgan fingerprint density at radius 1 is 1.22 bits per heavy atom. The molecule has 0 aliphatic carbocycles. The number of sulfone groups is 1. The number of likely N-dealkylation sites (N-methyl/N-ethyl adjacent to an activating group) is 1. The number of halogens is 1. The number of nitrogens with zero attached hydrogens (tertiary/aromatic N) is 2. The van der Waals surface area contributed by atoms with E-state index in [1.807, 2.05) is 19.9 Å². The Morgan fingerprint density at radius 2 is 1.85 bits per heavy atom. The molecule has 1 aromatic rings. The number of aliphatic imine (C=N–C) groups is 1. The molecule has 0 aliphatic rings. The molecule has 1 rings (SSSR count). The van der Waals surface area contributed by atoms with Gasteiger partial charge in [0.15, 0.2) is 5.96 Å². The van der Waals surface area contributed by atoms with Gasteiger partial charge in [-0.05, 0) is 39.8 Å². The van der Waals surface area contributed by atoms with Gasteiger partial charge in [-0.25, -0.2) is 8.42 Å². The van der Waals surface area contributed by atoms with Crippen molar-refractivity contribution >= 4 is 39.8 Å². The summed E-state index contributed by atoms with van der Waals surface area (Å²) < 4.78 is 22.6. The number of hydrogen-bond acceptors (Lipinski definition) is 4. The summed E-state index contributed by atoms with van der Waals surface area (Å²) in [5.74, 6) is 0.907. The van der Waals surface area contributed by atoms with Crippen LogP contribution in [0.1, 0.15) is 32.8 Å². The quantitative estimate of drug-likeness (QED) is 0.288. The summed E-state index contributed by atoms with van der Waals surface area (Å²) >= 11 is 0. The number of rotatable bonds is 10. The van der Waals surface area contributed by atoms with Gasteiger partial charge in [-0.2, -0.15) is 0 Å². The van der Waals surface area contributed by atoms with E-state index in [0.717, 1.165) is 19.0 Å². The van der Waals surface area contributed by atoms with Gasteiger partial charge >= 0.3 is 0 Å². The topological polar surface area (TPSA) is 73.8 Å². The highest BCUT2D eigenvalue weighted by molar-refractivity contribution is 14.0. The zero-order valence-electron chi connectivity index (χ0n) is 17.1. The molecule has 2 unspecified atom stereocenters. The van der Waals surface area contributed by atoms with E-state index in [2.05, 4.69) is 58.8 Å². The summed E-state index contributed by atoms with van der Waals surface area (Å²) in [5, 5.41) is 6.52. The predicted molar refractivity (Wildman–Crippen MR) is 126 cm³/mol. The van der Waals surface area contributed by atoms with Gasteiger partial charge in [0.05, 0.1) is 12.3 Å². The third-order valence-corrected chi connectivity index (χ3v) is 5.17. The van der Waals surface area contributed by atoms with E-state index in [0.29, 0.717) is 13.0 Å². The summed E-state index contributed by atoms with van der Waals surface area (Å²) in [7, 11) is -0.841. The zero-order chi connectivity index (χ0) is 19.6. The molecule has 0 heterocycles. The van der Waals surface area contributed by atoms with E-state index in [-0.39, 0.29) is 41.8 Å². The first-order valence-corrected chi connectivity index (χ1v) is 11.2. The molecule has 27 heavy (non-hydrogen) atoms. The Balaban J connectivity index is 0.00000676. The van der Waals surface area contributed by atoms with Crippen molar-refractivity contribution in [2.45, 2.75) is 45.8 Å². The summed E-state index contributed by atoms with van der Waals surface area (Å²) in [4.78, 5) is 6.94. The van der Waals surface area contributed by atoms with Crippen molar-refractivity contribution in [3.05, 3.63) is 35.9 Å². The van der Waals surface area contributed by atoms with E-state index in [1.54, 1.807) is 0 Å². The van der Waals surface area contributed by atoms with Gasteiger partial charge in [0.25, 0.3) is 0 Å². The minimum absolute atomic E-state index is 0. The molecular weight excluding hydrogens is 475 g/mol. The largest absolute Gasteiger partial charge is 0.357 e. The first-order chi connectivity index (χ1) is 12.2. The van der Waals surface area contributed by atoms with Gasteiger partial charge in [0.1, 0.15) is 9.84 Å². The van der Waals surface area contributed by atoms with Crippen molar-refractivity contribution in [1.82, 2.24) is 15.5 Å². The summed E-state index contributed by atoms with van der Waals surface area (Å²) in [6, 6.07) is 10.7. The highest BCUT2D eigenvalue weighted by Gasteiger charge is 2.12. The Kier molecular flexibility index (Phi) is 12.9. The zero-order valence-corrected chi connectivity index (χ0v) is 20.3. The molecule has 0 bridgehead atoms. The van der Waals surface area contributed by atoms with Crippen LogP contribution in [0.15, 0.2) is 35.3 Å². The SMILES string of the molecule is CCNC(=NCC(C)N(C)Cc1ccccc1)NC(C)CCS(C)(=O)=O.I. The molecule has 0 aromatic heterocycles. The maximum atomic E-state index is 11.3. The monoisotopic (exact) mass is 510 g/mol. The molecule has 2 N–H and O–H groups in total. The van der Waals surface area contributed by atoms with Crippen molar-refractivity contribution in [3.8, 4) is 0 Å². The van der Waals surface area contributed by atoms with Crippen LogP contribution in [0.2, 0.25) is 0 Å². The van der Waals surface area contributed by atoms with Gasteiger partial charge in [0, 0.05) is 31.4 Å². The lowest BCUT2D eigenvalue weighted by molar-refractivity contribution is 0.255. The number of guanidine groups is 1. The first kappa shape index (κ1) is 26.1. The molecule has 156 valence electrons. The fraction of sp³-hybridized carbons (Fsp3) is 0.632. The van der Waals surface area contributed by atoms with Crippen LogP contribution in [-0.2, 0) is 16.4 Å². The second-order valence-corrected chi connectivity index (χ2v) is 9.19. The van der Waals surface area contributed by atoms with Crippen LogP contribution in [0.25, 0.3) is 0 Å². The average Bonchev–Trinajstić information content (AvgIpc) is 2.58. The summed E-state index contributed by atoms with van der Waals surface area (Å²) in [5.41, 5.74) is 1.28. The highest BCUT2D eigenvalue weighted by atomic mass is 127.